The number of fused-ring (bicyclic) bond motifs is 4. The van der Waals surface area contributed by atoms with Gasteiger partial charge in [-0.1, -0.05) is 54.6 Å². The molecule has 1 aliphatic carbocycles. The SMILES string of the molecule is O=C1c2ccccc2C(=O)C1c1cnc2ccc3ccccc3c2c1. The van der Waals surface area contributed by atoms with E-state index in [1.54, 1.807) is 30.5 Å². The number of hydrogen-bond acceptors (Lipinski definition) is 3. The molecule has 1 heterocycles. The quantitative estimate of drug-likeness (QED) is 0.381. The number of carbonyl (C=O) groups is 2. The lowest BCUT2D eigenvalue weighted by molar-refractivity contribution is 0.0890. The van der Waals surface area contributed by atoms with Crippen molar-refractivity contribution in [2.75, 3.05) is 0 Å². The second-order valence-corrected chi connectivity index (χ2v) is 6.33. The number of hydrogen-bond donors (Lipinski definition) is 0. The summed E-state index contributed by atoms with van der Waals surface area (Å²) in [5.74, 6) is -1.06. The van der Waals surface area contributed by atoms with Crippen LogP contribution >= 0.6 is 0 Å². The molecule has 3 heteroatoms. The zero-order valence-electron chi connectivity index (χ0n) is 13.3. The van der Waals surface area contributed by atoms with E-state index in [-0.39, 0.29) is 11.6 Å². The highest BCUT2D eigenvalue weighted by atomic mass is 16.2. The Morgan fingerprint density at radius 3 is 2.16 bits per heavy atom. The molecule has 0 saturated heterocycles. The average Bonchev–Trinajstić information content (AvgIpc) is 2.92. The van der Waals surface area contributed by atoms with Crippen LogP contribution in [0.25, 0.3) is 21.7 Å². The fourth-order valence-corrected chi connectivity index (χ4v) is 3.70. The van der Waals surface area contributed by atoms with Gasteiger partial charge in [0.25, 0.3) is 0 Å². The molecule has 0 fully saturated rings. The summed E-state index contributed by atoms with van der Waals surface area (Å²) in [7, 11) is 0. The number of aromatic nitrogens is 1. The van der Waals surface area contributed by atoms with Gasteiger partial charge < -0.3 is 0 Å². The molecule has 0 bridgehead atoms. The summed E-state index contributed by atoms with van der Waals surface area (Å²) in [6.07, 6.45) is 1.66. The molecule has 118 valence electrons. The molecule has 0 atom stereocenters. The number of carbonyl (C=O) groups excluding carboxylic acids is 2. The van der Waals surface area contributed by atoms with Gasteiger partial charge in [-0.25, -0.2) is 0 Å². The Labute approximate surface area is 143 Å². The minimum absolute atomic E-state index is 0.137. The largest absolute Gasteiger partial charge is 0.293 e. The summed E-state index contributed by atoms with van der Waals surface area (Å²) in [4.78, 5) is 30.0. The lowest BCUT2D eigenvalue weighted by atomic mass is 9.93. The molecule has 25 heavy (non-hydrogen) atoms. The smallest absolute Gasteiger partial charge is 0.178 e. The van der Waals surface area contributed by atoms with E-state index in [9.17, 15) is 9.59 Å². The number of nitrogens with zero attached hydrogens (tertiary/aromatic N) is 1. The molecule has 3 aromatic carbocycles. The van der Waals surface area contributed by atoms with Crippen molar-refractivity contribution in [2.24, 2.45) is 0 Å². The lowest BCUT2D eigenvalue weighted by Gasteiger charge is -2.10. The van der Waals surface area contributed by atoms with E-state index >= 15 is 0 Å². The third-order valence-corrected chi connectivity index (χ3v) is 4.93. The van der Waals surface area contributed by atoms with Crippen LogP contribution in [0.15, 0.2) is 72.9 Å². The highest BCUT2D eigenvalue weighted by Gasteiger charge is 2.39. The molecule has 0 unspecified atom stereocenters. The van der Waals surface area contributed by atoms with E-state index in [0.29, 0.717) is 16.7 Å². The summed E-state index contributed by atoms with van der Waals surface area (Å²) in [5.41, 5.74) is 2.54. The number of ketones is 2. The van der Waals surface area contributed by atoms with Crippen molar-refractivity contribution in [2.45, 2.75) is 5.92 Å². The summed E-state index contributed by atoms with van der Waals surface area (Å²) >= 11 is 0. The van der Waals surface area contributed by atoms with E-state index in [0.717, 1.165) is 21.7 Å². The Morgan fingerprint density at radius 1 is 0.720 bits per heavy atom. The minimum Gasteiger partial charge on any atom is -0.293 e. The normalized spacial score (nSPS) is 14.4. The Hall–Kier alpha value is -3.33. The second-order valence-electron chi connectivity index (χ2n) is 6.33. The third-order valence-electron chi connectivity index (χ3n) is 4.93. The van der Waals surface area contributed by atoms with Gasteiger partial charge in [0.2, 0.25) is 0 Å². The third kappa shape index (κ3) is 1.96. The topological polar surface area (TPSA) is 47.0 Å². The number of benzene rings is 3. The van der Waals surface area contributed by atoms with Crippen molar-refractivity contribution in [1.82, 2.24) is 4.98 Å². The summed E-state index contributed by atoms with van der Waals surface area (Å²) in [6, 6.07) is 21.0. The predicted octanol–water partition coefficient (Wildman–Crippen LogP) is 4.55. The minimum atomic E-state index is -0.784. The molecular formula is C22H13NO2. The van der Waals surface area contributed by atoms with Crippen LogP contribution in [0, 0.1) is 0 Å². The molecule has 0 N–H and O–H groups in total. The summed E-state index contributed by atoms with van der Waals surface area (Å²) in [6.45, 7) is 0. The van der Waals surface area contributed by atoms with Gasteiger partial charge in [-0.2, -0.15) is 0 Å². The molecule has 0 spiro atoms. The van der Waals surface area contributed by atoms with Crippen LogP contribution in [-0.4, -0.2) is 16.6 Å². The van der Waals surface area contributed by atoms with Gasteiger partial charge in [0.1, 0.15) is 5.92 Å². The van der Waals surface area contributed by atoms with E-state index in [1.165, 1.54) is 0 Å². The number of pyridine rings is 1. The van der Waals surface area contributed by atoms with Crippen LogP contribution in [0.1, 0.15) is 32.2 Å². The molecule has 5 rings (SSSR count). The van der Waals surface area contributed by atoms with Crippen molar-refractivity contribution in [3.63, 3.8) is 0 Å². The van der Waals surface area contributed by atoms with Gasteiger partial charge in [-0.3, -0.25) is 14.6 Å². The van der Waals surface area contributed by atoms with Gasteiger partial charge in [0.05, 0.1) is 5.52 Å². The Kier molecular flexibility index (Phi) is 2.86. The lowest BCUT2D eigenvalue weighted by Crippen LogP contribution is -2.13. The van der Waals surface area contributed by atoms with Crippen molar-refractivity contribution in [1.29, 1.82) is 0 Å². The van der Waals surface area contributed by atoms with E-state index in [4.69, 9.17) is 0 Å². The molecule has 0 radical (unpaired) electrons. The summed E-state index contributed by atoms with van der Waals surface area (Å²) in [5, 5.41) is 3.15. The van der Waals surface area contributed by atoms with Crippen LogP contribution in [0.2, 0.25) is 0 Å². The summed E-state index contributed by atoms with van der Waals surface area (Å²) < 4.78 is 0. The fourth-order valence-electron chi connectivity index (χ4n) is 3.70. The van der Waals surface area contributed by atoms with E-state index in [2.05, 4.69) is 4.98 Å². The first-order valence-corrected chi connectivity index (χ1v) is 8.19. The number of rotatable bonds is 1. The first kappa shape index (κ1) is 14.1. The van der Waals surface area contributed by atoms with Gasteiger partial charge in [0.15, 0.2) is 11.6 Å². The maximum Gasteiger partial charge on any atom is 0.178 e. The molecule has 0 saturated carbocycles. The molecule has 1 aliphatic rings. The zero-order valence-corrected chi connectivity index (χ0v) is 13.3. The predicted molar refractivity (Wildman–Crippen MR) is 97.1 cm³/mol. The fraction of sp³-hybridized carbons (Fsp3) is 0.0455. The Bertz CT molecular complexity index is 1160. The van der Waals surface area contributed by atoms with Gasteiger partial charge in [0, 0.05) is 22.7 Å². The van der Waals surface area contributed by atoms with E-state index in [1.807, 2.05) is 42.5 Å². The van der Waals surface area contributed by atoms with E-state index < -0.39 is 5.92 Å². The Morgan fingerprint density at radius 2 is 1.40 bits per heavy atom. The molecular weight excluding hydrogens is 310 g/mol. The highest BCUT2D eigenvalue weighted by molar-refractivity contribution is 6.29. The maximum atomic E-state index is 12.8. The molecule has 0 aliphatic heterocycles. The maximum absolute atomic E-state index is 12.8. The van der Waals surface area contributed by atoms with Crippen LogP contribution in [0.4, 0.5) is 0 Å². The van der Waals surface area contributed by atoms with Crippen molar-refractivity contribution >= 4 is 33.2 Å². The van der Waals surface area contributed by atoms with Crippen molar-refractivity contribution in [3.8, 4) is 0 Å². The van der Waals surface area contributed by atoms with Crippen LogP contribution in [0.3, 0.4) is 0 Å². The van der Waals surface area contributed by atoms with Crippen molar-refractivity contribution in [3.05, 3.63) is 89.6 Å². The van der Waals surface area contributed by atoms with Gasteiger partial charge >= 0.3 is 0 Å². The first-order valence-electron chi connectivity index (χ1n) is 8.19. The standard InChI is InChI=1S/C22H13NO2/c24-21-16-7-3-4-8-17(16)22(25)20(21)14-11-18-15-6-2-1-5-13(15)9-10-19(18)23-12-14/h1-12,20H. The van der Waals surface area contributed by atoms with Crippen molar-refractivity contribution < 1.29 is 9.59 Å². The Balaban J connectivity index is 1.73. The monoisotopic (exact) mass is 323 g/mol. The molecule has 0 amide bonds. The average molecular weight is 323 g/mol. The molecule has 4 aromatic rings. The molecule has 3 nitrogen and oxygen atoms in total. The van der Waals surface area contributed by atoms with Gasteiger partial charge in [-0.05, 0) is 28.5 Å². The number of Topliss-reactive ketones (excluding diaryl/α,β-unsaturated/α-hetero) is 2. The van der Waals surface area contributed by atoms with Crippen LogP contribution in [0.5, 0.6) is 0 Å². The second kappa shape index (κ2) is 5.08. The van der Waals surface area contributed by atoms with Gasteiger partial charge in [-0.15, -0.1) is 0 Å². The molecule has 1 aromatic heterocycles. The zero-order chi connectivity index (χ0) is 17.0. The first-order chi connectivity index (χ1) is 12.2. The van der Waals surface area contributed by atoms with Crippen LogP contribution in [-0.2, 0) is 0 Å². The van der Waals surface area contributed by atoms with Crippen LogP contribution < -0.4 is 0 Å². The highest BCUT2D eigenvalue weighted by Crippen LogP contribution is 2.35.